The van der Waals surface area contributed by atoms with Crippen LogP contribution in [-0.2, 0) is 0 Å². The standard InChI is InChI=1S/C32H32N2O3/c1-22(28-16-8-12-23-11-5-6-15-29(23)28)33-20-27-17-18-34(21-30(27)24-9-3-2-4-10-24)31(35)25-13-7-14-26(19-25)32(36)37/h2-16,19,22,27,30,33H,17-18,20-21H2,1H3,(H,36,37)/t22-,27?,30?/m1/s1. The Morgan fingerprint density at radius 3 is 2.43 bits per heavy atom. The van der Waals surface area contributed by atoms with Gasteiger partial charge >= 0.3 is 5.97 Å². The predicted molar refractivity (Wildman–Crippen MR) is 147 cm³/mol. The smallest absolute Gasteiger partial charge is 0.335 e. The van der Waals surface area contributed by atoms with Gasteiger partial charge in [0.25, 0.3) is 5.91 Å². The van der Waals surface area contributed by atoms with E-state index in [9.17, 15) is 14.7 Å². The van der Waals surface area contributed by atoms with Gasteiger partial charge in [-0.3, -0.25) is 4.79 Å². The van der Waals surface area contributed by atoms with E-state index >= 15 is 0 Å². The fourth-order valence-corrected chi connectivity index (χ4v) is 5.54. The van der Waals surface area contributed by atoms with E-state index in [1.165, 1.54) is 34.0 Å². The SMILES string of the molecule is C[C@@H](NCC1CCN(C(=O)c2cccc(C(=O)O)c2)CC1c1ccccc1)c1cccc2ccccc12. The molecule has 5 nitrogen and oxygen atoms in total. The maximum absolute atomic E-state index is 13.4. The van der Waals surface area contributed by atoms with Crippen LogP contribution in [0.4, 0.5) is 0 Å². The third-order valence-electron chi connectivity index (χ3n) is 7.60. The lowest BCUT2D eigenvalue weighted by molar-refractivity contribution is 0.0657. The van der Waals surface area contributed by atoms with Crippen LogP contribution in [0.25, 0.3) is 10.8 Å². The summed E-state index contributed by atoms with van der Waals surface area (Å²) in [5, 5.41) is 15.6. The van der Waals surface area contributed by atoms with Crippen molar-refractivity contribution >= 4 is 22.6 Å². The molecule has 188 valence electrons. The molecular weight excluding hydrogens is 460 g/mol. The van der Waals surface area contributed by atoms with E-state index in [0.29, 0.717) is 24.6 Å². The number of nitrogens with one attached hydrogen (secondary N) is 1. The highest BCUT2D eigenvalue weighted by atomic mass is 16.4. The van der Waals surface area contributed by atoms with Crippen LogP contribution in [0.15, 0.2) is 97.1 Å². The molecule has 0 bridgehead atoms. The topological polar surface area (TPSA) is 69.6 Å². The first-order chi connectivity index (χ1) is 18.0. The molecule has 1 saturated heterocycles. The largest absolute Gasteiger partial charge is 0.478 e. The summed E-state index contributed by atoms with van der Waals surface area (Å²) in [6.07, 6.45) is 0.874. The predicted octanol–water partition coefficient (Wildman–Crippen LogP) is 6.13. The number of likely N-dealkylation sites (tertiary alicyclic amines) is 1. The zero-order valence-corrected chi connectivity index (χ0v) is 21.0. The summed E-state index contributed by atoms with van der Waals surface area (Å²) >= 11 is 0. The summed E-state index contributed by atoms with van der Waals surface area (Å²) < 4.78 is 0. The second-order valence-corrected chi connectivity index (χ2v) is 9.90. The van der Waals surface area contributed by atoms with Crippen LogP contribution >= 0.6 is 0 Å². The number of carboxylic acids is 1. The Morgan fingerprint density at radius 1 is 0.919 bits per heavy atom. The minimum atomic E-state index is -1.03. The third-order valence-corrected chi connectivity index (χ3v) is 7.60. The highest BCUT2D eigenvalue weighted by Crippen LogP contribution is 2.34. The normalized spacial score (nSPS) is 18.5. The first kappa shape index (κ1) is 24.7. The van der Waals surface area contributed by atoms with Gasteiger partial charge in [-0.15, -0.1) is 0 Å². The number of carboxylic acid groups (broad SMARTS) is 1. The van der Waals surface area contributed by atoms with E-state index in [-0.39, 0.29) is 23.4 Å². The summed E-state index contributed by atoms with van der Waals surface area (Å²) in [5.41, 5.74) is 3.07. The lowest BCUT2D eigenvalue weighted by atomic mass is 9.80. The molecule has 4 aromatic rings. The minimum Gasteiger partial charge on any atom is -0.478 e. The summed E-state index contributed by atoms with van der Waals surface area (Å²) in [6, 6.07) is 31.9. The molecule has 5 rings (SSSR count). The van der Waals surface area contributed by atoms with Crippen LogP contribution in [0.1, 0.15) is 57.1 Å². The molecule has 37 heavy (non-hydrogen) atoms. The molecule has 5 heteroatoms. The van der Waals surface area contributed by atoms with Gasteiger partial charge in [0.15, 0.2) is 0 Å². The molecule has 2 N–H and O–H groups in total. The zero-order valence-electron chi connectivity index (χ0n) is 21.0. The van der Waals surface area contributed by atoms with Crippen molar-refractivity contribution < 1.29 is 14.7 Å². The average Bonchev–Trinajstić information content (AvgIpc) is 2.95. The van der Waals surface area contributed by atoms with E-state index in [0.717, 1.165) is 13.0 Å². The van der Waals surface area contributed by atoms with Gasteiger partial charge in [0.1, 0.15) is 0 Å². The number of hydrogen-bond acceptors (Lipinski definition) is 3. The number of fused-ring (bicyclic) bond motifs is 1. The summed E-state index contributed by atoms with van der Waals surface area (Å²) in [6.45, 7) is 4.32. The fourth-order valence-electron chi connectivity index (χ4n) is 5.54. The second-order valence-electron chi connectivity index (χ2n) is 9.90. The summed E-state index contributed by atoms with van der Waals surface area (Å²) in [7, 11) is 0. The minimum absolute atomic E-state index is 0.112. The molecule has 0 radical (unpaired) electrons. The maximum Gasteiger partial charge on any atom is 0.335 e. The number of carbonyl (C=O) groups is 2. The number of carbonyl (C=O) groups excluding carboxylic acids is 1. The Hall–Kier alpha value is -3.96. The highest BCUT2D eigenvalue weighted by Gasteiger charge is 2.33. The molecule has 2 unspecified atom stereocenters. The van der Waals surface area contributed by atoms with E-state index in [4.69, 9.17) is 0 Å². The molecule has 1 fully saturated rings. The Balaban J connectivity index is 1.33. The quantitative estimate of drug-likeness (QED) is 0.325. The zero-order chi connectivity index (χ0) is 25.8. The van der Waals surface area contributed by atoms with Crippen LogP contribution < -0.4 is 5.32 Å². The lowest BCUT2D eigenvalue weighted by Crippen LogP contribution is -2.45. The Labute approximate surface area is 217 Å². The summed E-state index contributed by atoms with van der Waals surface area (Å²) in [4.78, 5) is 26.6. The Kier molecular flexibility index (Phi) is 7.33. The maximum atomic E-state index is 13.4. The van der Waals surface area contributed by atoms with Crippen molar-refractivity contribution in [2.75, 3.05) is 19.6 Å². The fraction of sp³-hybridized carbons (Fsp3) is 0.250. The molecule has 0 saturated carbocycles. The van der Waals surface area contributed by atoms with Gasteiger partial charge < -0.3 is 15.3 Å². The number of aromatic carboxylic acids is 1. The van der Waals surface area contributed by atoms with Crippen molar-refractivity contribution in [3.8, 4) is 0 Å². The number of rotatable bonds is 7. The van der Waals surface area contributed by atoms with Crippen molar-refractivity contribution in [1.29, 1.82) is 0 Å². The molecule has 0 aromatic heterocycles. The molecule has 1 aliphatic rings. The van der Waals surface area contributed by atoms with Crippen molar-refractivity contribution in [3.05, 3.63) is 119 Å². The van der Waals surface area contributed by atoms with E-state index < -0.39 is 5.97 Å². The molecule has 3 atom stereocenters. The van der Waals surface area contributed by atoms with Gasteiger partial charge in [-0.2, -0.15) is 0 Å². The van der Waals surface area contributed by atoms with Crippen LogP contribution in [0.2, 0.25) is 0 Å². The number of hydrogen-bond donors (Lipinski definition) is 2. The van der Waals surface area contributed by atoms with Crippen molar-refractivity contribution in [1.82, 2.24) is 10.2 Å². The van der Waals surface area contributed by atoms with Gasteiger partial charge in [0.2, 0.25) is 0 Å². The third kappa shape index (κ3) is 5.42. The number of amides is 1. The summed E-state index contributed by atoms with van der Waals surface area (Å²) in [5.74, 6) is -0.579. The van der Waals surface area contributed by atoms with Gasteiger partial charge in [0, 0.05) is 30.6 Å². The first-order valence-electron chi connectivity index (χ1n) is 12.9. The van der Waals surface area contributed by atoms with E-state index in [2.05, 4.69) is 79.0 Å². The van der Waals surface area contributed by atoms with Crippen LogP contribution in [0.5, 0.6) is 0 Å². The Morgan fingerprint density at radius 2 is 1.62 bits per heavy atom. The average molecular weight is 493 g/mol. The Bertz CT molecular complexity index is 1400. The molecule has 0 spiro atoms. The van der Waals surface area contributed by atoms with E-state index in [1.807, 2.05) is 11.0 Å². The lowest BCUT2D eigenvalue weighted by Gasteiger charge is -2.39. The number of piperidine rings is 1. The van der Waals surface area contributed by atoms with Crippen molar-refractivity contribution in [2.24, 2.45) is 5.92 Å². The number of nitrogens with zero attached hydrogens (tertiary/aromatic N) is 1. The van der Waals surface area contributed by atoms with Gasteiger partial charge in [-0.25, -0.2) is 4.79 Å². The van der Waals surface area contributed by atoms with Crippen molar-refractivity contribution in [3.63, 3.8) is 0 Å². The number of benzene rings is 4. The molecule has 1 amide bonds. The van der Waals surface area contributed by atoms with Gasteiger partial charge in [-0.05, 0) is 65.9 Å². The van der Waals surface area contributed by atoms with Gasteiger partial charge in [-0.1, -0.05) is 78.9 Å². The highest BCUT2D eigenvalue weighted by molar-refractivity contribution is 5.97. The molecule has 1 heterocycles. The molecule has 4 aromatic carbocycles. The van der Waals surface area contributed by atoms with Crippen molar-refractivity contribution in [2.45, 2.75) is 25.3 Å². The van der Waals surface area contributed by atoms with Crippen LogP contribution in [-0.4, -0.2) is 41.5 Å². The molecule has 1 aliphatic heterocycles. The monoisotopic (exact) mass is 492 g/mol. The van der Waals surface area contributed by atoms with E-state index in [1.54, 1.807) is 12.1 Å². The molecular formula is C32H32N2O3. The molecule has 0 aliphatic carbocycles. The first-order valence-corrected chi connectivity index (χ1v) is 12.9. The van der Waals surface area contributed by atoms with Crippen LogP contribution in [0, 0.1) is 5.92 Å². The van der Waals surface area contributed by atoms with Gasteiger partial charge in [0.05, 0.1) is 5.56 Å². The van der Waals surface area contributed by atoms with Crippen LogP contribution in [0.3, 0.4) is 0 Å². The second kappa shape index (κ2) is 11.0.